The summed E-state index contributed by atoms with van der Waals surface area (Å²) in [5.74, 6) is 0.429. The number of aliphatic hydroxyl groups is 1. The highest BCUT2D eigenvalue weighted by molar-refractivity contribution is 7.58. The van der Waals surface area contributed by atoms with E-state index < -0.39 is 13.9 Å². The molecule has 0 radical (unpaired) electrons. The molecular formula is C13H21O6P. The van der Waals surface area contributed by atoms with Crippen molar-refractivity contribution in [1.82, 2.24) is 0 Å². The van der Waals surface area contributed by atoms with Crippen molar-refractivity contribution in [2.75, 3.05) is 19.8 Å². The summed E-state index contributed by atoms with van der Waals surface area (Å²) in [6, 6.07) is 3.35. The quantitative estimate of drug-likeness (QED) is 0.557. The molecule has 0 fully saturated rings. The van der Waals surface area contributed by atoms with Gasteiger partial charge in [-0.3, -0.25) is 4.57 Å². The highest BCUT2D eigenvalue weighted by Crippen LogP contribution is 2.57. The topological polar surface area (TPSA) is 78.1 Å². The fourth-order valence-corrected chi connectivity index (χ4v) is 3.26. The molecule has 0 aliphatic rings. The molecule has 1 heterocycles. The Labute approximate surface area is 118 Å². The van der Waals surface area contributed by atoms with Crippen LogP contribution in [0.15, 0.2) is 28.1 Å². The van der Waals surface area contributed by atoms with Crippen molar-refractivity contribution in [3.63, 3.8) is 0 Å². The Morgan fingerprint density at radius 1 is 1.35 bits per heavy atom. The van der Waals surface area contributed by atoms with Gasteiger partial charge in [-0.05, 0) is 39.0 Å². The van der Waals surface area contributed by atoms with Crippen molar-refractivity contribution in [3.8, 4) is 0 Å². The second-order valence-electron chi connectivity index (χ2n) is 3.73. The summed E-state index contributed by atoms with van der Waals surface area (Å²) in [5, 5.41) is 10.1. The van der Waals surface area contributed by atoms with E-state index in [1.165, 1.54) is 12.3 Å². The van der Waals surface area contributed by atoms with Crippen molar-refractivity contribution >= 4 is 13.7 Å². The van der Waals surface area contributed by atoms with E-state index in [9.17, 15) is 9.67 Å². The van der Waals surface area contributed by atoms with Crippen molar-refractivity contribution in [1.29, 1.82) is 0 Å². The lowest BCUT2D eigenvalue weighted by molar-refractivity contribution is -0.0635. The first-order valence-electron chi connectivity index (χ1n) is 6.51. The Kier molecular flexibility index (Phi) is 7.19. The molecule has 1 aromatic rings. The predicted molar refractivity (Wildman–Crippen MR) is 75.2 cm³/mol. The molecule has 0 spiro atoms. The van der Waals surface area contributed by atoms with Gasteiger partial charge in [0, 0.05) is 6.61 Å². The molecule has 1 aromatic heterocycles. The maximum atomic E-state index is 12.8. The summed E-state index contributed by atoms with van der Waals surface area (Å²) in [6.07, 6.45) is 1.52. The molecule has 1 rings (SSSR count). The molecule has 7 heteroatoms. The monoisotopic (exact) mass is 304 g/mol. The fraction of sp³-hybridized carbons (Fsp3) is 0.538. The maximum absolute atomic E-state index is 12.8. The molecule has 6 nitrogen and oxygen atoms in total. The van der Waals surface area contributed by atoms with E-state index in [1.807, 2.05) is 0 Å². The largest absolute Gasteiger partial charge is 0.465 e. The number of hydrogen-bond acceptors (Lipinski definition) is 6. The molecule has 0 bridgehead atoms. The van der Waals surface area contributed by atoms with E-state index in [2.05, 4.69) is 0 Å². The van der Waals surface area contributed by atoms with Crippen LogP contribution in [-0.4, -0.2) is 31.2 Å². The zero-order chi connectivity index (χ0) is 15.0. The third-order valence-corrected chi connectivity index (χ3v) is 4.50. The van der Waals surface area contributed by atoms with Crippen LogP contribution in [0.25, 0.3) is 6.08 Å². The minimum atomic E-state index is -3.63. The van der Waals surface area contributed by atoms with Gasteiger partial charge in [0.25, 0.3) is 0 Å². The second kappa shape index (κ2) is 8.39. The molecule has 20 heavy (non-hydrogen) atoms. The van der Waals surface area contributed by atoms with E-state index in [4.69, 9.17) is 18.2 Å². The van der Waals surface area contributed by atoms with Gasteiger partial charge >= 0.3 is 7.60 Å². The Morgan fingerprint density at radius 2 is 2.00 bits per heavy atom. The van der Waals surface area contributed by atoms with Gasteiger partial charge in [-0.15, -0.1) is 0 Å². The Hall–Kier alpha value is -0.910. The zero-order valence-electron chi connectivity index (χ0n) is 11.9. The molecule has 0 saturated carbocycles. The number of ether oxygens (including phenoxy) is 1. The van der Waals surface area contributed by atoms with Crippen LogP contribution in [-0.2, 0) is 18.3 Å². The molecule has 114 valence electrons. The molecule has 0 saturated heterocycles. The minimum Gasteiger partial charge on any atom is -0.465 e. The van der Waals surface area contributed by atoms with Crippen molar-refractivity contribution in [2.45, 2.75) is 27.1 Å². The van der Waals surface area contributed by atoms with Crippen LogP contribution in [0.1, 0.15) is 26.5 Å². The number of hydrogen-bond donors (Lipinski definition) is 1. The van der Waals surface area contributed by atoms with Crippen LogP contribution in [0.3, 0.4) is 0 Å². The lowest BCUT2D eigenvalue weighted by atomic mass is 10.4. The molecule has 0 amide bonds. The fourth-order valence-electron chi connectivity index (χ4n) is 1.57. The molecule has 0 aliphatic heterocycles. The summed E-state index contributed by atoms with van der Waals surface area (Å²) < 4.78 is 33.5. The summed E-state index contributed by atoms with van der Waals surface area (Å²) in [6.45, 7) is 5.75. The van der Waals surface area contributed by atoms with Crippen molar-refractivity contribution in [3.05, 3.63) is 29.5 Å². The van der Waals surface area contributed by atoms with Crippen LogP contribution in [0.2, 0.25) is 0 Å². The molecule has 1 atom stereocenters. The van der Waals surface area contributed by atoms with Gasteiger partial charge in [0.05, 0.1) is 19.5 Å². The Morgan fingerprint density at radius 3 is 2.45 bits per heavy atom. The second-order valence-corrected chi connectivity index (χ2v) is 5.75. The smallest absolute Gasteiger partial charge is 0.362 e. The highest BCUT2D eigenvalue weighted by atomic mass is 31.2. The first-order chi connectivity index (χ1) is 9.57. The van der Waals surface area contributed by atoms with Crippen LogP contribution >= 0.6 is 7.60 Å². The first-order valence-corrected chi connectivity index (χ1v) is 8.06. The number of rotatable bonds is 9. The summed E-state index contributed by atoms with van der Waals surface area (Å²) in [5.41, 5.74) is 0. The van der Waals surface area contributed by atoms with Gasteiger partial charge in [-0.1, -0.05) is 0 Å². The van der Waals surface area contributed by atoms with E-state index in [-0.39, 0.29) is 25.1 Å². The molecule has 0 aliphatic carbocycles. The normalized spacial score (nSPS) is 14.5. The maximum Gasteiger partial charge on any atom is 0.362 e. The van der Waals surface area contributed by atoms with Crippen LogP contribution < -0.4 is 0 Å². The average Bonchev–Trinajstić information content (AvgIpc) is 2.89. The van der Waals surface area contributed by atoms with E-state index in [0.29, 0.717) is 5.76 Å². The van der Waals surface area contributed by atoms with Gasteiger partial charge in [0.1, 0.15) is 11.1 Å². The van der Waals surface area contributed by atoms with Gasteiger partial charge < -0.3 is 23.3 Å². The third kappa shape index (κ3) is 4.58. The van der Waals surface area contributed by atoms with Gasteiger partial charge in [-0.25, -0.2) is 0 Å². The zero-order valence-corrected chi connectivity index (χ0v) is 12.8. The summed E-state index contributed by atoms with van der Waals surface area (Å²) >= 11 is 0. The highest BCUT2D eigenvalue weighted by Gasteiger charge is 2.35. The first kappa shape index (κ1) is 17.1. The summed E-state index contributed by atoms with van der Waals surface area (Å²) in [4.78, 5) is 0. The molecule has 0 aromatic carbocycles. The van der Waals surface area contributed by atoms with Crippen LogP contribution in [0.4, 0.5) is 0 Å². The minimum absolute atomic E-state index is 0.0259. The third-order valence-electron chi connectivity index (χ3n) is 2.33. The lowest BCUT2D eigenvalue weighted by Crippen LogP contribution is -2.17. The SMILES string of the molecule is CCOC(O)C(=Cc1ccco1)P(=O)(OCC)OCC. The van der Waals surface area contributed by atoms with Gasteiger partial charge in [0.15, 0.2) is 6.29 Å². The molecule has 1 unspecified atom stereocenters. The van der Waals surface area contributed by atoms with Crippen molar-refractivity contribution < 1.29 is 27.9 Å². The van der Waals surface area contributed by atoms with Crippen LogP contribution in [0, 0.1) is 0 Å². The number of aliphatic hydroxyl groups excluding tert-OH is 1. The lowest BCUT2D eigenvalue weighted by Gasteiger charge is -2.23. The molecule has 1 N–H and O–H groups in total. The Bertz CT molecular complexity index is 443. The number of furan rings is 1. The van der Waals surface area contributed by atoms with Gasteiger partial charge in [-0.2, -0.15) is 0 Å². The van der Waals surface area contributed by atoms with Gasteiger partial charge in [0.2, 0.25) is 0 Å². The summed E-state index contributed by atoms with van der Waals surface area (Å²) in [7, 11) is -3.63. The van der Waals surface area contributed by atoms with Crippen LogP contribution in [0.5, 0.6) is 0 Å². The van der Waals surface area contributed by atoms with Crippen molar-refractivity contribution in [2.24, 2.45) is 0 Å². The average molecular weight is 304 g/mol. The van der Waals surface area contributed by atoms with E-state index in [0.717, 1.165) is 0 Å². The standard InChI is InChI=1S/C13H21O6P/c1-4-16-13(14)12(10-11-8-7-9-17-11)20(15,18-5-2)19-6-3/h7-10,13-14H,4-6H2,1-3H3. The van der Waals surface area contributed by atoms with E-state index in [1.54, 1.807) is 32.9 Å². The Balaban J connectivity index is 3.17. The predicted octanol–water partition coefficient (Wildman–Crippen LogP) is 3.24. The molecular weight excluding hydrogens is 283 g/mol. The van der Waals surface area contributed by atoms with E-state index >= 15 is 0 Å².